The molecule has 1 amide bonds. The predicted molar refractivity (Wildman–Crippen MR) is 106 cm³/mol. The second-order valence-corrected chi connectivity index (χ2v) is 7.51. The van der Waals surface area contributed by atoms with Gasteiger partial charge in [-0.3, -0.25) is 15.1 Å². The van der Waals surface area contributed by atoms with Crippen LogP contribution in [0.4, 0.5) is 0 Å². The number of aromatic nitrogens is 2. The normalized spacial score (nSPS) is 20.2. The number of fused-ring (bicyclic) bond motifs is 1. The number of hydrogen-bond acceptors (Lipinski definition) is 3. The first-order chi connectivity index (χ1) is 12.8. The third kappa shape index (κ3) is 2.77. The van der Waals surface area contributed by atoms with Crippen LogP contribution < -0.4 is 5.32 Å². The molecule has 4 rings (SSSR count). The molecule has 0 radical (unpaired) electrons. The second kappa shape index (κ2) is 5.94. The van der Waals surface area contributed by atoms with Crippen LogP contribution in [0.1, 0.15) is 30.2 Å². The molecule has 1 aliphatic heterocycles. The molecule has 0 unspecified atom stereocenters. The Morgan fingerprint density at radius 2 is 2.00 bits per heavy atom. The summed E-state index contributed by atoms with van der Waals surface area (Å²) in [5.41, 5.74) is 5.74. The van der Waals surface area contributed by atoms with E-state index in [0.717, 1.165) is 27.9 Å². The zero-order valence-electron chi connectivity index (χ0n) is 16.0. The SMILES string of the molecule is Cc1ccn2nc(C)c(-c3cccc([C@]4(C)CC(=O)N(C)C(=N)N4)c3)c2c1. The van der Waals surface area contributed by atoms with Gasteiger partial charge in [0.05, 0.1) is 23.2 Å². The first-order valence-corrected chi connectivity index (χ1v) is 8.98. The van der Waals surface area contributed by atoms with Crippen molar-refractivity contribution < 1.29 is 4.79 Å². The molecule has 2 aromatic heterocycles. The average Bonchev–Trinajstić information content (AvgIpc) is 2.95. The van der Waals surface area contributed by atoms with E-state index in [1.807, 2.05) is 42.8 Å². The van der Waals surface area contributed by atoms with Gasteiger partial charge in [0.15, 0.2) is 5.96 Å². The Morgan fingerprint density at radius 3 is 2.74 bits per heavy atom. The van der Waals surface area contributed by atoms with Crippen LogP contribution in [0, 0.1) is 19.3 Å². The maximum Gasteiger partial charge on any atom is 0.231 e. The number of carbonyl (C=O) groups excluding carboxylic acids is 1. The minimum atomic E-state index is -0.608. The monoisotopic (exact) mass is 361 g/mol. The third-order valence-corrected chi connectivity index (χ3v) is 5.36. The highest BCUT2D eigenvalue weighted by atomic mass is 16.2. The molecular formula is C21H23N5O. The van der Waals surface area contributed by atoms with Gasteiger partial charge in [0.25, 0.3) is 0 Å². The summed E-state index contributed by atoms with van der Waals surface area (Å²) in [6.07, 6.45) is 2.28. The van der Waals surface area contributed by atoms with E-state index in [1.54, 1.807) is 7.05 Å². The fraction of sp³-hybridized carbons (Fsp3) is 0.286. The molecule has 1 saturated heterocycles. The summed E-state index contributed by atoms with van der Waals surface area (Å²) in [4.78, 5) is 13.7. The van der Waals surface area contributed by atoms with Crippen molar-refractivity contribution in [2.75, 3.05) is 7.05 Å². The van der Waals surface area contributed by atoms with E-state index in [9.17, 15) is 4.79 Å². The lowest BCUT2D eigenvalue weighted by molar-refractivity contribution is -0.129. The molecule has 0 spiro atoms. The maximum atomic E-state index is 12.3. The number of pyridine rings is 1. The molecule has 6 nitrogen and oxygen atoms in total. The number of nitrogens with one attached hydrogen (secondary N) is 2. The van der Waals surface area contributed by atoms with Gasteiger partial charge in [0.2, 0.25) is 5.91 Å². The van der Waals surface area contributed by atoms with E-state index in [0.29, 0.717) is 6.42 Å². The summed E-state index contributed by atoms with van der Waals surface area (Å²) in [5, 5.41) is 15.9. The fourth-order valence-electron chi connectivity index (χ4n) is 3.75. The van der Waals surface area contributed by atoms with E-state index in [-0.39, 0.29) is 11.9 Å². The van der Waals surface area contributed by atoms with Gasteiger partial charge in [-0.15, -0.1) is 0 Å². The molecule has 0 aliphatic carbocycles. The number of hydrogen-bond donors (Lipinski definition) is 2. The van der Waals surface area contributed by atoms with Crippen LogP contribution in [-0.2, 0) is 10.3 Å². The Labute approximate surface area is 158 Å². The Bertz CT molecular complexity index is 1060. The zero-order valence-corrected chi connectivity index (χ0v) is 16.0. The van der Waals surface area contributed by atoms with Gasteiger partial charge in [-0.25, -0.2) is 4.52 Å². The van der Waals surface area contributed by atoms with Gasteiger partial charge < -0.3 is 5.32 Å². The molecule has 1 aliphatic rings. The highest BCUT2D eigenvalue weighted by Gasteiger charge is 2.38. The fourth-order valence-corrected chi connectivity index (χ4v) is 3.75. The van der Waals surface area contributed by atoms with E-state index in [1.165, 1.54) is 10.5 Å². The van der Waals surface area contributed by atoms with Gasteiger partial charge >= 0.3 is 0 Å². The molecule has 27 heavy (non-hydrogen) atoms. The molecular weight excluding hydrogens is 338 g/mol. The van der Waals surface area contributed by atoms with Gasteiger partial charge in [-0.2, -0.15) is 5.10 Å². The smallest absolute Gasteiger partial charge is 0.231 e. The molecule has 138 valence electrons. The average molecular weight is 361 g/mol. The van der Waals surface area contributed by atoms with Gasteiger partial charge in [-0.1, -0.05) is 18.2 Å². The number of benzene rings is 1. The Morgan fingerprint density at radius 1 is 1.22 bits per heavy atom. The highest BCUT2D eigenvalue weighted by Crippen LogP contribution is 2.34. The Hall–Kier alpha value is -3.15. The van der Waals surface area contributed by atoms with Crippen molar-refractivity contribution in [3.8, 4) is 11.1 Å². The summed E-state index contributed by atoms with van der Waals surface area (Å²) in [6.45, 7) is 6.06. The number of nitrogens with zero attached hydrogens (tertiary/aromatic N) is 3. The van der Waals surface area contributed by atoms with Crippen molar-refractivity contribution in [2.24, 2.45) is 0 Å². The number of amides is 1. The van der Waals surface area contributed by atoms with Crippen LogP contribution in [0.2, 0.25) is 0 Å². The molecule has 1 atom stereocenters. The van der Waals surface area contributed by atoms with Crippen LogP contribution in [0.5, 0.6) is 0 Å². The summed E-state index contributed by atoms with van der Waals surface area (Å²) in [5.74, 6) is 0.0661. The van der Waals surface area contributed by atoms with Crippen LogP contribution in [0.3, 0.4) is 0 Å². The molecule has 6 heteroatoms. The lowest BCUT2D eigenvalue weighted by Gasteiger charge is -2.39. The minimum absolute atomic E-state index is 0.0607. The van der Waals surface area contributed by atoms with Crippen molar-refractivity contribution >= 4 is 17.4 Å². The molecule has 0 bridgehead atoms. The third-order valence-electron chi connectivity index (χ3n) is 5.36. The maximum absolute atomic E-state index is 12.3. The van der Waals surface area contributed by atoms with Gasteiger partial charge in [0, 0.05) is 18.8 Å². The van der Waals surface area contributed by atoms with E-state index in [2.05, 4.69) is 35.5 Å². The van der Waals surface area contributed by atoms with Crippen molar-refractivity contribution in [2.45, 2.75) is 32.7 Å². The number of rotatable bonds is 2. The van der Waals surface area contributed by atoms with Crippen LogP contribution >= 0.6 is 0 Å². The van der Waals surface area contributed by atoms with Crippen molar-refractivity contribution in [1.82, 2.24) is 19.8 Å². The lowest BCUT2D eigenvalue weighted by Crippen LogP contribution is -2.58. The van der Waals surface area contributed by atoms with Crippen LogP contribution in [-0.4, -0.2) is 33.4 Å². The first-order valence-electron chi connectivity index (χ1n) is 8.98. The van der Waals surface area contributed by atoms with E-state index >= 15 is 0 Å². The predicted octanol–water partition coefficient (Wildman–Crippen LogP) is 3.22. The standard InChI is InChI=1S/C21H23N5O/c1-13-8-9-26-17(10-13)19(14(2)24-26)15-6-5-7-16(11-15)21(3)12-18(27)25(4)20(22)23-21/h5-11H,12H2,1-4H3,(H2,22,23)/t21-/m0/s1. The van der Waals surface area contributed by atoms with E-state index in [4.69, 9.17) is 5.41 Å². The Balaban J connectivity index is 1.83. The molecule has 1 aromatic carbocycles. The minimum Gasteiger partial charge on any atom is -0.346 e. The summed E-state index contributed by atoms with van der Waals surface area (Å²) < 4.78 is 1.90. The van der Waals surface area contributed by atoms with Crippen molar-refractivity contribution in [3.05, 3.63) is 59.4 Å². The Kier molecular flexibility index (Phi) is 3.80. The van der Waals surface area contributed by atoms with Gasteiger partial charge in [-0.05, 0) is 55.7 Å². The quantitative estimate of drug-likeness (QED) is 0.736. The summed E-state index contributed by atoms with van der Waals surface area (Å²) in [7, 11) is 1.62. The number of guanidine groups is 1. The molecule has 1 fully saturated rings. The molecule has 3 heterocycles. The van der Waals surface area contributed by atoms with Crippen molar-refractivity contribution in [3.63, 3.8) is 0 Å². The molecule has 2 N–H and O–H groups in total. The summed E-state index contributed by atoms with van der Waals surface area (Å²) in [6, 6.07) is 12.4. The first kappa shape index (κ1) is 17.3. The second-order valence-electron chi connectivity index (χ2n) is 7.51. The summed E-state index contributed by atoms with van der Waals surface area (Å²) >= 11 is 0. The lowest BCUT2D eigenvalue weighted by atomic mass is 9.85. The number of aryl methyl sites for hydroxylation is 2. The zero-order chi connectivity index (χ0) is 19.3. The van der Waals surface area contributed by atoms with Crippen molar-refractivity contribution in [1.29, 1.82) is 5.41 Å². The molecule has 3 aromatic rings. The van der Waals surface area contributed by atoms with Crippen LogP contribution in [0.15, 0.2) is 42.6 Å². The number of carbonyl (C=O) groups is 1. The highest BCUT2D eigenvalue weighted by molar-refractivity contribution is 5.99. The van der Waals surface area contributed by atoms with E-state index < -0.39 is 5.54 Å². The topological polar surface area (TPSA) is 73.5 Å². The molecule has 0 saturated carbocycles. The largest absolute Gasteiger partial charge is 0.346 e. The van der Waals surface area contributed by atoms with Crippen LogP contribution in [0.25, 0.3) is 16.6 Å². The van der Waals surface area contributed by atoms with Gasteiger partial charge in [0.1, 0.15) is 0 Å².